The lowest BCUT2D eigenvalue weighted by molar-refractivity contribution is -0.121. The molecule has 1 aromatic heterocycles. The Balaban J connectivity index is 2.41. The van der Waals surface area contributed by atoms with Gasteiger partial charge in [-0.25, -0.2) is 5.84 Å². The summed E-state index contributed by atoms with van der Waals surface area (Å²) < 4.78 is 1.57. The smallest absolute Gasteiger partial charge is 0.251 e. The standard InChI is InChI=1S/C12H13N3O2/c13-14-11(16)7-8-15-10-4-2-1-3-9(10)5-6-12(15)17/h1-6H,7-8,13H2,(H,14,16). The number of carbonyl (C=O) groups excluding carboxylic acids is 1. The van der Waals surface area contributed by atoms with Gasteiger partial charge in [0.15, 0.2) is 0 Å². The topological polar surface area (TPSA) is 77.1 Å². The number of aryl methyl sites for hydroxylation is 1. The molecule has 0 fully saturated rings. The van der Waals surface area contributed by atoms with Crippen LogP contribution in [0.5, 0.6) is 0 Å². The molecule has 0 unspecified atom stereocenters. The summed E-state index contributed by atoms with van der Waals surface area (Å²) in [7, 11) is 0. The Morgan fingerprint density at radius 2 is 2.00 bits per heavy atom. The van der Waals surface area contributed by atoms with Crippen molar-refractivity contribution in [3.8, 4) is 0 Å². The number of para-hydroxylation sites is 1. The molecule has 17 heavy (non-hydrogen) atoms. The molecule has 0 aliphatic carbocycles. The number of nitrogens with two attached hydrogens (primary N) is 1. The average Bonchev–Trinajstić information content (AvgIpc) is 2.37. The van der Waals surface area contributed by atoms with Crippen LogP contribution in [0.3, 0.4) is 0 Å². The van der Waals surface area contributed by atoms with Crippen molar-refractivity contribution in [2.24, 2.45) is 5.84 Å². The quantitative estimate of drug-likeness (QED) is 0.455. The van der Waals surface area contributed by atoms with Crippen LogP contribution in [0.4, 0.5) is 0 Å². The molecule has 0 atom stereocenters. The minimum absolute atomic E-state index is 0.117. The minimum Gasteiger partial charge on any atom is -0.308 e. The average molecular weight is 231 g/mol. The Bertz CT molecular complexity index is 604. The first kappa shape index (κ1) is 11.3. The molecule has 3 N–H and O–H groups in total. The van der Waals surface area contributed by atoms with E-state index in [0.29, 0.717) is 6.54 Å². The van der Waals surface area contributed by atoms with Gasteiger partial charge >= 0.3 is 0 Å². The molecular weight excluding hydrogens is 218 g/mol. The second-order valence-electron chi connectivity index (χ2n) is 3.70. The summed E-state index contributed by atoms with van der Waals surface area (Å²) in [4.78, 5) is 22.8. The fraction of sp³-hybridized carbons (Fsp3) is 0.167. The number of aromatic nitrogens is 1. The zero-order chi connectivity index (χ0) is 12.3. The summed E-state index contributed by atoms with van der Waals surface area (Å²) in [5.74, 6) is 4.71. The van der Waals surface area contributed by atoms with E-state index in [1.807, 2.05) is 29.7 Å². The molecule has 0 aliphatic rings. The van der Waals surface area contributed by atoms with E-state index in [9.17, 15) is 9.59 Å². The zero-order valence-electron chi connectivity index (χ0n) is 9.22. The predicted molar refractivity (Wildman–Crippen MR) is 65.2 cm³/mol. The zero-order valence-corrected chi connectivity index (χ0v) is 9.22. The largest absolute Gasteiger partial charge is 0.308 e. The lowest BCUT2D eigenvalue weighted by atomic mass is 10.2. The van der Waals surface area contributed by atoms with Crippen LogP contribution in [0.1, 0.15) is 6.42 Å². The number of nitrogens with one attached hydrogen (secondary N) is 1. The highest BCUT2D eigenvalue weighted by Crippen LogP contribution is 2.11. The highest BCUT2D eigenvalue weighted by Gasteiger charge is 2.04. The summed E-state index contributed by atoms with van der Waals surface area (Å²) in [5, 5.41) is 0.972. The molecule has 0 radical (unpaired) electrons. The van der Waals surface area contributed by atoms with E-state index in [4.69, 9.17) is 5.84 Å². The van der Waals surface area contributed by atoms with Gasteiger partial charge in [0.2, 0.25) is 5.91 Å². The number of fused-ring (bicyclic) bond motifs is 1. The first-order chi connectivity index (χ1) is 8.22. The van der Waals surface area contributed by atoms with Gasteiger partial charge in [0, 0.05) is 19.0 Å². The molecular formula is C12H13N3O2. The van der Waals surface area contributed by atoms with E-state index in [2.05, 4.69) is 0 Å². The Morgan fingerprint density at radius 3 is 2.76 bits per heavy atom. The third-order valence-electron chi connectivity index (χ3n) is 2.62. The number of pyridine rings is 1. The summed E-state index contributed by atoms with van der Waals surface area (Å²) in [6, 6.07) is 10.8. The molecule has 1 aromatic carbocycles. The maximum absolute atomic E-state index is 11.7. The van der Waals surface area contributed by atoms with Crippen LogP contribution >= 0.6 is 0 Å². The van der Waals surface area contributed by atoms with E-state index in [1.165, 1.54) is 6.07 Å². The second kappa shape index (κ2) is 4.80. The SMILES string of the molecule is NNC(=O)CCn1c(=O)ccc2ccccc21. The van der Waals surface area contributed by atoms with E-state index < -0.39 is 0 Å². The number of nitrogens with zero attached hydrogens (tertiary/aromatic N) is 1. The first-order valence-corrected chi connectivity index (χ1v) is 5.30. The highest BCUT2D eigenvalue weighted by atomic mass is 16.2. The maximum Gasteiger partial charge on any atom is 0.251 e. The van der Waals surface area contributed by atoms with Gasteiger partial charge in [0.25, 0.3) is 5.56 Å². The van der Waals surface area contributed by atoms with Gasteiger partial charge in [-0.15, -0.1) is 0 Å². The number of rotatable bonds is 3. The van der Waals surface area contributed by atoms with E-state index in [1.54, 1.807) is 10.6 Å². The molecule has 0 bridgehead atoms. The van der Waals surface area contributed by atoms with Gasteiger partial charge in [0.1, 0.15) is 0 Å². The molecule has 88 valence electrons. The van der Waals surface area contributed by atoms with Crippen LogP contribution in [0.15, 0.2) is 41.2 Å². The van der Waals surface area contributed by atoms with Crippen molar-refractivity contribution in [1.82, 2.24) is 9.99 Å². The molecule has 5 nitrogen and oxygen atoms in total. The molecule has 0 spiro atoms. The molecule has 0 aliphatic heterocycles. The molecule has 1 amide bonds. The van der Waals surface area contributed by atoms with Crippen LogP contribution < -0.4 is 16.8 Å². The number of benzene rings is 1. The lowest BCUT2D eigenvalue weighted by Crippen LogP contribution is -2.32. The summed E-state index contributed by atoms with van der Waals surface area (Å²) in [5.41, 5.74) is 2.76. The third kappa shape index (κ3) is 2.34. The fourth-order valence-corrected chi connectivity index (χ4v) is 1.76. The highest BCUT2D eigenvalue weighted by molar-refractivity contribution is 5.79. The van der Waals surface area contributed by atoms with E-state index in [-0.39, 0.29) is 17.9 Å². The van der Waals surface area contributed by atoms with Gasteiger partial charge in [0.05, 0.1) is 5.52 Å². The summed E-state index contributed by atoms with van der Waals surface area (Å²) in [6.07, 6.45) is 0.185. The number of amides is 1. The van der Waals surface area contributed by atoms with Crippen LogP contribution in [0.25, 0.3) is 10.9 Å². The Hall–Kier alpha value is -2.14. The van der Waals surface area contributed by atoms with E-state index >= 15 is 0 Å². The molecule has 0 saturated heterocycles. The number of hydrogen-bond acceptors (Lipinski definition) is 3. The van der Waals surface area contributed by atoms with Crippen molar-refractivity contribution in [1.29, 1.82) is 0 Å². The Morgan fingerprint density at radius 1 is 1.24 bits per heavy atom. The normalized spacial score (nSPS) is 10.4. The van der Waals surface area contributed by atoms with Gasteiger partial charge in [-0.3, -0.25) is 15.0 Å². The molecule has 1 heterocycles. The second-order valence-corrected chi connectivity index (χ2v) is 3.70. The van der Waals surface area contributed by atoms with Gasteiger partial charge < -0.3 is 4.57 Å². The van der Waals surface area contributed by atoms with Crippen LogP contribution in [0.2, 0.25) is 0 Å². The van der Waals surface area contributed by atoms with Crippen molar-refractivity contribution < 1.29 is 4.79 Å². The molecule has 0 saturated carbocycles. The van der Waals surface area contributed by atoms with Crippen LogP contribution in [-0.2, 0) is 11.3 Å². The van der Waals surface area contributed by atoms with Gasteiger partial charge in [-0.05, 0) is 17.5 Å². The predicted octanol–water partition coefficient (Wildman–Crippen LogP) is 0.381. The monoisotopic (exact) mass is 231 g/mol. The van der Waals surface area contributed by atoms with Crippen molar-refractivity contribution in [3.05, 3.63) is 46.8 Å². The maximum atomic E-state index is 11.7. The Kier molecular flexibility index (Phi) is 3.20. The number of hydrazine groups is 1. The number of carbonyl (C=O) groups is 1. The molecule has 5 heteroatoms. The lowest BCUT2D eigenvalue weighted by Gasteiger charge is -2.09. The third-order valence-corrected chi connectivity index (χ3v) is 2.62. The van der Waals surface area contributed by atoms with Crippen molar-refractivity contribution >= 4 is 16.8 Å². The van der Waals surface area contributed by atoms with Crippen LogP contribution in [0, 0.1) is 0 Å². The minimum atomic E-state index is -0.287. The van der Waals surface area contributed by atoms with Crippen molar-refractivity contribution in [2.45, 2.75) is 13.0 Å². The van der Waals surface area contributed by atoms with Gasteiger partial charge in [-0.1, -0.05) is 18.2 Å². The van der Waals surface area contributed by atoms with Crippen molar-refractivity contribution in [2.75, 3.05) is 0 Å². The molecule has 2 aromatic rings. The summed E-state index contributed by atoms with van der Waals surface area (Å²) in [6.45, 7) is 0.323. The number of hydrogen-bond donors (Lipinski definition) is 2. The fourth-order valence-electron chi connectivity index (χ4n) is 1.76. The van der Waals surface area contributed by atoms with Crippen molar-refractivity contribution in [3.63, 3.8) is 0 Å². The van der Waals surface area contributed by atoms with Crippen LogP contribution in [-0.4, -0.2) is 10.5 Å². The first-order valence-electron chi connectivity index (χ1n) is 5.30. The van der Waals surface area contributed by atoms with Gasteiger partial charge in [-0.2, -0.15) is 0 Å². The summed E-state index contributed by atoms with van der Waals surface area (Å²) >= 11 is 0. The van der Waals surface area contributed by atoms with E-state index in [0.717, 1.165) is 10.9 Å². The molecule has 2 rings (SSSR count). The Labute approximate surface area is 97.8 Å².